The first-order chi connectivity index (χ1) is 10.4. The Morgan fingerprint density at radius 3 is 2.48 bits per heavy atom. The Morgan fingerprint density at radius 2 is 1.96 bits per heavy atom. The number of rotatable bonds is 3. The number of sulfonamides is 1. The van der Waals surface area contributed by atoms with Gasteiger partial charge in [-0.25, -0.2) is 13.4 Å². The molecule has 1 aromatic rings. The number of hydrogen-bond acceptors (Lipinski definition) is 5. The van der Waals surface area contributed by atoms with Crippen molar-refractivity contribution in [3.05, 3.63) is 16.1 Å². The lowest BCUT2D eigenvalue weighted by molar-refractivity contribution is -0.00297. The molecule has 132 valence electrons. The molecule has 0 saturated carbocycles. The smallest absolute Gasteiger partial charge is 0.214 e. The summed E-state index contributed by atoms with van der Waals surface area (Å²) in [6.45, 7) is 13.4. The van der Waals surface area contributed by atoms with Gasteiger partial charge in [0, 0.05) is 23.9 Å². The number of morpholine rings is 1. The molecule has 2 heterocycles. The van der Waals surface area contributed by atoms with Crippen LogP contribution in [0.25, 0.3) is 0 Å². The molecular formula is C16H28N2O3S2. The third-order valence-corrected chi connectivity index (χ3v) is 6.89. The lowest BCUT2D eigenvalue weighted by Crippen LogP contribution is -2.45. The van der Waals surface area contributed by atoms with Crippen molar-refractivity contribution in [2.75, 3.05) is 25.4 Å². The lowest BCUT2D eigenvalue weighted by atomic mass is 9.93. The van der Waals surface area contributed by atoms with Gasteiger partial charge in [-0.05, 0) is 5.41 Å². The first kappa shape index (κ1) is 18.8. The Kier molecular flexibility index (Phi) is 5.26. The predicted molar refractivity (Wildman–Crippen MR) is 94.3 cm³/mol. The van der Waals surface area contributed by atoms with Gasteiger partial charge in [-0.3, -0.25) is 0 Å². The Labute approximate surface area is 144 Å². The van der Waals surface area contributed by atoms with Gasteiger partial charge < -0.3 is 4.74 Å². The summed E-state index contributed by atoms with van der Waals surface area (Å²) in [7, 11) is -3.27. The van der Waals surface area contributed by atoms with Gasteiger partial charge in [0.05, 0.1) is 18.1 Å². The number of ether oxygens (including phenoxy) is 1. The van der Waals surface area contributed by atoms with Gasteiger partial charge in [0.1, 0.15) is 11.1 Å². The zero-order valence-electron chi connectivity index (χ0n) is 14.9. The Bertz CT molecular complexity index is 639. The van der Waals surface area contributed by atoms with E-state index >= 15 is 0 Å². The maximum absolute atomic E-state index is 12.6. The van der Waals surface area contributed by atoms with E-state index < -0.39 is 10.0 Å². The first-order valence-corrected chi connectivity index (χ1v) is 10.4. The van der Waals surface area contributed by atoms with Crippen molar-refractivity contribution < 1.29 is 13.2 Å². The second-order valence-corrected chi connectivity index (χ2v) is 11.2. The Balaban J connectivity index is 2.14. The van der Waals surface area contributed by atoms with Crippen LogP contribution in [0, 0.1) is 5.41 Å². The van der Waals surface area contributed by atoms with Crippen LogP contribution in [0.15, 0.2) is 5.38 Å². The monoisotopic (exact) mass is 360 g/mol. The minimum atomic E-state index is -3.27. The quantitative estimate of drug-likeness (QED) is 0.830. The zero-order chi connectivity index (χ0) is 17.5. The summed E-state index contributed by atoms with van der Waals surface area (Å²) in [6.07, 6.45) is -0.264. The van der Waals surface area contributed by atoms with E-state index in [1.807, 2.05) is 26.2 Å². The normalized spacial score (nSPS) is 21.6. The average Bonchev–Trinajstić information content (AvgIpc) is 2.85. The molecule has 0 aliphatic carbocycles. The summed E-state index contributed by atoms with van der Waals surface area (Å²) in [5, 5.41) is 2.91. The summed E-state index contributed by atoms with van der Waals surface area (Å²) in [6, 6.07) is 0. The molecule has 1 aromatic heterocycles. The minimum Gasteiger partial charge on any atom is -0.368 e. The van der Waals surface area contributed by atoms with E-state index in [2.05, 4.69) is 25.8 Å². The number of nitrogens with zero attached hydrogens (tertiary/aromatic N) is 2. The predicted octanol–water partition coefficient (Wildman–Crippen LogP) is 3.19. The number of aromatic nitrogens is 1. The molecule has 0 bridgehead atoms. The maximum atomic E-state index is 12.6. The van der Waals surface area contributed by atoms with Crippen LogP contribution in [0.1, 0.15) is 58.3 Å². The van der Waals surface area contributed by atoms with Crippen LogP contribution >= 0.6 is 11.3 Å². The average molecular weight is 361 g/mol. The molecule has 1 fully saturated rings. The van der Waals surface area contributed by atoms with Gasteiger partial charge in [0.25, 0.3) is 0 Å². The third kappa shape index (κ3) is 4.98. The minimum absolute atomic E-state index is 0.0125. The van der Waals surface area contributed by atoms with E-state index in [1.54, 1.807) is 15.6 Å². The van der Waals surface area contributed by atoms with Crippen molar-refractivity contribution >= 4 is 21.4 Å². The van der Waals surface area contributed by atoms with E-state index in [0.29, 0.717) is 19.7 Å². The molecule has 0 N–H and O–H groups in total. The summed E-state index contributed by atoms with van der Waals surface area (Å²) >= 11 is 1.55. The second-order valence-electron chi connectivity index (χ2n) is 8.36. The molecule has 0 aromatic carbocycles. The fourth-order valence-corrected chi connectivity index (χ4v) is 5.52. The molecule has 7 heteroatoms. The molecule has 1 aliphatic rings. The lowest BCUT2D eigenvalue weighted by Gasteiger charge is -2.33. The highest BCUT2D eigenvalue weighted by Crippen LogP contribution is 2.31. The highest BCUT2D eigenvalue weighted by Gasteiger charge is 2.34. The molecule has 2 rings (SSSR count). The van der Waals surface area contributed by atoms with Crippen LogP contribution in [0.4, 0.5) is 0 Å². The van der Waals surface area contributed by atoms with Crippen molar-refractivity contribution in [2.24, 2.45) is 5.41 Å². The molecule has 0 spiro atoms. The molecule has 0 radical (unpaired) electrons. The summed E-state index contributed by atoms with van der Waals surface area (Å²) in [4.78, 5) is 4.67. The van der Waals surface area contributed by atoms with Gasteiger partial charge in [0.2, 0.25) is 10.0 Å². The largest absolute Gasteiger partial charge is 0.368 e. The van der Waals surface area contributed by atoms with Crippen LogP contribution in [-0.4, -0.2) is 43.2 Å². The Hall–Kier alpha value is -0.500. The van der Waals surface area contributed by atoms with E-state index in [0.717, 1.165) is 10.7 Å². The van der Waals surface area contributed by atoms with Gasteiger partial charge in [-0.15, -0.1) is 11.3 Å². The molecular weight excluding hydrogens is 332 g/mol. The van der Waals surface area contributed by atoms with Crippen LogP contribution in [0.5, 0.6) is 0 Å². The van der Waals surface area contributed by atoms with Crippen molar-refractivity contribution in [3.8, 4) is 0 Å². The van der Waals surface area contributed by atoms with Crippen LogP contribution in [0.3, 0.4) is 0 Å². The van der Waals surface area contributed by atoms with Crippen molar-refractivity contribution in [1.29, 1.82) is 0 Å². The SMILES string of the molecule is CC(C)(C)CS(=O)(=O)N1CCOC(c2nc(C(C)(C)C)cs2)C1. The molecule has 5 nitrogen and oxygen atoms in total. The van der Waals surface area contributed by atoms with Gasteiger partial charge in [-0.1, -0.05) is 41.5 Å². The van der Waals surface area contributed by atoms with Crippen LogP contribution < -0.4 is 0 Å². The topological polar surface area (TPSA) is 59.5 Å². The molecule has 1 aliphatic heterocycles. The summed E-state index contributed by atoms with van der Waals surface area (Å²) in [5.41, 5.74) is 0.755. The second kappa shape index (κ2) is 6.43. The van der Waals surface area contributed by atoms with Gasteiger partial charge >= 0.3 is 0 Å². The highest BCUT2D eigenvalue weighted by molar-refractivity contribution is 7.89. The van der Waals surface area contributed by atoms with Gasteiger partial charge in [-0.2, -0.15) is 4.31 Å². The molecule has 1 atom stereocenters. The van der Waals surface area contributed by atoms with E-state index in [9.17, 15) is 8.42 Å². The summed E-state index contributed by atoms with van der Waals surface area (Å²) < 4.78 is 32.5. The number of thiazole rings is 1. The van der Waals surface area contributed by atoms with Crippen molar-refractivity contribution in [2.45, 2.75) is 53.1 Å². The van der Waals surface area contributed by atoms with Crippen LogP contribution in [-0.2, 0) is 20.2 Å². The first-order valence-electron chi connectivity index (χ1n) is 7.94. The number of hydrogen-bond donors (Lipinski definition) is 0. The fourth-order valence-electron chi connectivity index (χ4n) is 2.45. The fraction of sp³-hybridized carbons (Fsp3) is 0.812. The standard InChI is InChI=1S/C16H28N2O3S2/c1-15(2,3)11-23(19,20)18-7-8-21-12(9-18)14-17-13(10-22-14)16(4,5)6/h10,12H,7-9,11H2,1-6H3. The Morgan fingerprint density at radius 1 is 1.30 bits per heavy atom. The highest BCUT2D eigenvalue weighted by atomic mass is 32.2. The van der Waals surface area contributed by atoms with E-state index in [-0.39, 0.29) is 22.7 Å². The molecule has 1 unspecified atom stereocenters. The zero-order valence-corrected chi connectivity index (χ0v) is 16.6. The van der Waals surface area contributed by atoms with Crippen molar-refractivity contribution in [1.82, 2.24) is 9.29 Å². The van der Waals surface area contributed by atoms with E-state index in [1.165, 1.54) is 0 Å². The van der Waals surface area contributed by atoms with Crippen LogP contribution in [0.2, 0.25) is 0 Å². The molecule has 1 saturated heterocycles. The maximum Gasteiger partial charge on any atom is 0.214 e. The molecule has 23 heavy (non-hydrogen) atoms. The third-order valence-electron chi connectivity index (χ3n) is 3.60. The molecule has 0 amide bonds. The van der Waals surface area contributed by atoms with Gasteiger partial charge in [0.15, 0.2) is 0 Å². The van der Waals surface area contributed by atoms with E-state index in [4.69, 9.17) is 4.74 Å². The summed E-state index contributed by atoms with van der Waals surface area (Å²) in [5.74, 6) is 0.151. The van der Waals surface area contributed by atoms with Crippen molar-refractivity contribution in [3.63, 3.8) is 0 Å².